The Bertz CT molecular complexity index is 1170. The Morgan fingerprint density at radius 1 is 1.03 bits per heavy atom. The van der Waals surface area contributed by atoms with Crippen LogP contribution in [0.1, 0.15) is 60.6 Å². The van der Waals surface area contributed by atoms with Gasteiger partial charge in [-0.25, -0.2) is 0 Å². The van der Waals surface area contributed by atoms with E-state index >= 15 is 0 Å². The van der Waals surface area contributed by atoms with Gasteiger partial charge in [-0.3, -0.25) is 14.3 Å². The monoisotopic (exact) mass is 488 g/mol. The van der Waals surface area contributed by atoms with Crippen molar-refractivity contribution in [1.29, 1.82) is 0 Å². The van der Waals surface area contributed by atoms with Crippen LogP contribution in [-0.4, -0.2) is 40.3 Å². The van der Waals surface area contributed by atoms with Gasteiger partial charge >= 0.3 is 0 Å². The number of fused-ring (bicyclic) bond motifs is 1. The molecule has 2 heterocycles. The number of nitrogens with zero attached hydrogens (tertiary/aromatic N) is 2. The summed E-state index contributed by atoms with van der Waals surface area (Å²) in [4.78, 5) is 25.6. The summed E-state index contributed by atoms with van der Waals surface area (Å²) in [5.74, 6) is 0.345. The largest absolute Gasteiger partial charge is 0.497 e. The Hall–Kier alpha value is -3.61. The fourth-order valence-electron chi connectivity index (χ4n) is 4.63. The Labute approximate surface area is 213 Å². The molecule has 1 aromatic heterocycles. The van der Waals surface area contributed by atoms with E-state index in [0.717, 1.165) is 37.0 Å². The molecule has 1 atom stereocenters. The number of benzene rings is 2. The molecule has 0 spiro atoms. The molecule has 1 aliphatic heterocycles. The van der Waals surface area contributed by atoms with E-state index in [1.54, 1.807) is 24.8 Å². The van der Waals surface area contributed by atoms with E-state index in [0.29, 0.717) is 17.9 Å². The van der Waals surface area contributed by atoms with E-state index < -0.39 is 5.54 Å². The second-order valence-electron chi connectivity index (χ2n) is 10.1. The van der Waals surface area contributed by atoms with Crippen molar-refractivity contribution >= 4 is 11.8 Å². The molecular formula is C29H36N4O3. The van der Waals surface area contributed by atoms with E-state index in [9.17, 15) is 9.59 Å². The number of carbonyl (C=O) groups excluding carboxylic acids is 2. The molecule has 0 bridgehead atoms. The van der Waals surface area contributed by atoms with Gasteiger partial charge in [0.15, 0.2) is 0 Å². The molecule has 2 N–H and O–H groups in total. The summed E-state index contributed by atoms with van der Waals surface area (Å²) in [6, 6.07) is 18.0. The second kappa shape index (κ2) is 11.0. The Balaban J connectivity index is 0.000000325. The molecule has 0 radical (unpaired) electrons. The number of ether oxygens (including phenoxy) is 1. The predicted octanol–water partition coefficient (Wildman–Crippen LogP) is 4.81. The molecule has 2 amide bonds. The standard InChI is InChI=1S/C21H26N4O3.C8H10/c1-21(20(27)22-15-6-4-3-5-7-15)13-25-18(19(26)23-21)12-17(24-25)14-8-10-16(28-2)11-9-14;1-7-3-5-8(2)6-4-7/h8-12,15H,3-7,13H2,1-2H3,(H,22,27)(H,23,26);3-6H,1-2H3. The van der Waals surface area contributed by atoms with Crippen molar-refractivity contribution in [2.75, 3.05) is 7.11 Å². The van der Waals surface area contributed by atoms with Crippen LogP contribution in [0.15, 0.2) is 54.6 Å². The first kappa shape index (κ1) is 25.5. The lowest BCUT2D eigenvalue weighted by atomic mass is 9.93. The van der Waals surface area contributed by atoms with Crippen LogP contribution in [-0.2, 0) is 11.3 Å². The maximum atomic E-state index is 12.9. The first-order valence-corrected chi connectivity index (χ1v) is 12.7. The zero-order valence-corrected chi connectivity index (χ0v) is 21.6. The lowest BCUT2D eigenvalue weighted by Crippen LogP contribution is -2.63. The summed E-state index contributed by atoms with van der Waals surface area (Å²) in [6.07, 6.45) is 5.52. The van der Waals surface area contributed by atoms with Crippen LogP contribution < -0.4 is 15.4 Å². The minimum Gasteiger partial charge on any atom is -0.497 e. The highest BCUT2D eigenvalue weighted by atomic mass is 16.5. The third-order valence-electron chi connectivity index (χ3n) is 6.91. The van der Waals surface area contributed by atoms with Crippen LogP contribution in [0.25, 0.3) is 11.3 Å². The number of hydrogen-bond donors (Lipinski definition) is 2. The predicted molar refractivity (Wildman–Crippen MR) is 141 cm³/mol. The minimum atomic E-state index is -1.01. The van der Waals surface area contributed by atoms with Crippen LogP contribution in [0, 0.1) is 13.8 Å². The fraction of sp³-hybridized carbons (Fsp3) is 0.414. The number of nitrogens with one attached hydrogen (secondary N) is 2. The van der Waals surface area contributed by atoms with E-state index in [-0.39, 0.29) is 17.9 Å². The quantitative estimate of drug-likeness (QED) is 0.552. The molecule has 7 nitrogen and oxygen atoms in total. The second-order valence-corrected chi connectivity index (χ2v) is 10.1. The van der Waals surface area contributed by atoms with Gasteiger partial charge in [-0.2, -0.15) is 5.10 Å². The lowest BCUT2D eigenvalue weighted by Gasteiger charge is -2.35. The first-order valence-electron chi connectivity index (χ1n) is 12.7. The third kappa shape index (κ3) is 5.96. The minimum absolute atomic E-state index is 0.139. The van der Waals surface area contributed by atoms with E-state index in [2.05, 4.69) is 53.8 Å². The molecule has 5 rings (SSSR count). The molecule has 0 saturated heterocycles. The van der Waals surface area contributed by atoms with Crippen LogP contribution in [0.2, 0.25) is 0 Å². The van der Waals surface area contributed by atoms with Gasteiger partial charge in [0, 0.05) is 11.6 Å². The molecule has 190 valence electrons. The van der Waals surface area contributed by atoms with Crippen LogP contribution >= 0.6 is 0 Å². The van der Waals surface area contributed by atoms with Gasteiger partial charge in [-0.1, -0.05) is 54.7 Å². The van der Waals surface area contributed by atoms with Crippen LogP contribution in [0.3, 0.4) is 0 Å². The van der Waals surface area contributed by atoms with Gasteiger partial charge < -0.3 is 15.4 Å². The highest BCUT2D eigenvalue weighted by molar-refractivity contribution is 6.00. The van der Waals surface area contributed by atoms with E-state index in [1.165, 1.54) is 17.5 Å². The average molecular weight is 489 g/mol. The SMILES string of the molecule is COc1ccc(-c2cc3n(n2)CC(C)(C(=O)NC2CCCCC2)NC3=O)cc1.Cc1ccc(C)cc1. The van der Waals surface area contributed by atoms with Crippen molar-refractivity contribution in [3.05, 3.63) is 71.4 Å². The number of aryl methyl sites for hydroxylation is 2. The average Bonchev–Trinajstić information content (AvgIpc) is 3.31. The normalized spacial score (nSPS) is 19.4. The summed E-state index contributed by atoms with van der Waals surface area (Å²) in [5, 5.41) is 10.6. The Morgan fingerprint density at radius 3 is 2.22 bits per heavy atom. The Kier molecular flexibility index (Phi) is 7.77. The Morgan fingerprint density at radius 2 is 1.64 bits per heavy atom. The van der Waals surface area contributed by atoms with Crippen molar-refractivity contribution in [1.82, 2.24) is 20.4 Å². The van der Waals surface area contributed by atoms with Crippen molar-refractivity contribution in [3.8, 4) is 17.0 Å². The highest BCUT2D eigenvalue weighted by Crippen LogP contribution is 2.26. The molecule has 1 aliphatic carbocycles. The van der Waals surface area contributed by atoms with Crippen LogP contribution in [0.5, 0.6) is 5.75 Å². The molecule has 1 saturated carbocycles. The van der Waals surface area contributed by atoms with Gasteiger partial charge in [-0.05, 0) is 63.9 Å². The smallest absolute Gasteiger partial charge is 0.270 e. The lowest BCUT2D eigenvalue weighted by molar-refractivity contribution is -0.128. The van der Waals surface area contributed by atoms with E-state index in [1.807, 2.05) is 24.3 Å². The third-order valence-corrected chi connectivity index (χ3v) is 6.91. The molecule has 2 aliphatic rings. The zero-order chi connectivity index (χ0) is 25.7. The molecule has 1 unspecified atom stereocenters. The number of methoxy groups -OCH3 is 1. The van der Waals surface area contributed by atoms with Gasteiger partial charge in [0.05, 0.1) is 19.3 Å². The maximum Gasteiger partial charge on any atom is 0.270 e. The summed E-state index contributed by atoms with van der Waals surface area (Å²) in [7, 11) is 1.62. The first-order chi connectivity index (χ1) is 17.3. The number of aromatic nitrogens is 2. The van der Waals surface area contributed by atoms with Crippen molar-refractivity contribution in [2.24, 2.45) is 0 Å². The topological polar surface area (TPSA) is 85.2 Å². The van der Waals surface area contributed by atoms with Gasteiger partial charge in [0.2, 0.25) is 5.91 Å². The summed E-state index contributed by atoms with van der Waals surface area (Å²) >= 11 is 0. The molecule has 1 fully saturated rings. The summed E-state index contributed by atoms with van der Waals surface area (Å²) < 4.78 is 6.82. The molecular weight excluding hydrogens is 452 g/mol. The van der Waals surface area contributed by atoms with Crippen LogP contribution in [0.4, 0.5) is 0 Å². The number of carbonyl (C=O) groups is 2. The summed E-state index contributed by atoms with van der Waals surface area (Å²) in [6.45, 7) is 6.27. The fourth-order valence-corrected chi connectivity index (χ4v) is 4.63. The van der Waals surface area contributed by atoms with Gasteiger partial charge in [-0.15, -0.1) is 0 Å². The van der Waals surface area contributed by atoms with Crippen molar-refractivity contribution in [2.45, 2.75) is 71.0 Å². The highest BCUT2D eigenvalue weighted by Gasteiger charge is 2.42. The van der Waals surface area contributed by atoms with Crippen molar-refractivity contribution in [3.63, 3.8) is 0 Å². The number of hydrogen-bond acceptors (Lipinski definition) is 4. The van der Waals surface area contributed by atoms with Crippen molar-refractivity contribution < 1.29 is 14.3 Å². The summed E-state index contributed by atoms with van der Waals surface area (Å²) in [5.41, 5.74) is 3.71. The molecule has 2 aromatic carbocycles. The molecule has 3 aromatic rings. The molecule has 7 heteroatoms. The number of amides is 2. The van der Waals surface area contributed by atoms with Gasteiger partial charge in [0.1, 0.15) is 17.0 Å². The number of rotatable bonds is 4. The maximum absolute atomic E-state index is 12.9. The molecule has 36 heavy (non-hydrogen) atoms. The zero-order valence-electron chi connectivity index (χ0n) is 21.6. The van der Waals surface area contributed by atoms with Gasteiger partial charge in [0.25, 0.3) is 5.91 Å². The van der Waals surface area contributed by atoms with E-state index in [4.69, 9.17) is 4.74 Å².